The van der Waals surface area contributed by atoms with Crippen LogP contribution in [-0.2, 0) is 0 Å². The highest BCUT2D eigenvalue weighted by molar-refractivity contribution is 5.91. The number of rotatable bonds is 6. The van der Waals surface area contributed by atoms with Gasteiger partial charge in [-0.1, -0.05) is 6.08 Å². The van der Waals surface area contributed by atoms with E-state index in [2.05, 4.69) is 11.6 Å². The van der Waals surface area contributed by atoms with Crippen LogP contribution in [0.5, 0.6) is 6.08 Å². The van der Waals surface area contributed by atoms with Crippen molar-refractivity contribution in [3.63, 3.8) is 0 Å². The molecule has 5 nitrogen and oxygen atoms in total. The maximum absolute atomic E-state index is 10.8. The molecule has 0 radical (unpaired) electrons. The molecule has 0 saturated heterocycles. The molecule has 0 aliphatic heterocycles. The van der Waals surface area contributed by atoms with Gasteiger partial charge in [0.05, 0.1) is 12.2 Å². The predicted molar refractivity (Wildman–Crippen MR) is 65.9 cm³/mol. The first kappa shape index (κ1) is 12.2. The van der Waals surface area contributed by atoms with Crippen molar-refractivity contribution in [3.05, 3.63) is 36.4 Å². The number of hydrogen-bond donors (Lipinski definition) is 1. The Morgan fingerprint density at radius 2 is 2.39 bits per heavy atom. The maximum Gasteiger partial charge on any atom is 0.394 e. The van der Waals surface area contributed by atoms with E-state index in [1.165, 1.54) is 12.1 Å². The number of benzene rings is 1. The van der Waals surface area contributed by atoms with Crippen molar-refractivity contribution in [2.24, 2.45) is 0 Å². The smallest absolute Gasteiger partial charge is 0.394 e. The third-order valence-corrected chi connectivity index (χ3v) is 2.39. The Labute approximate surface area is 104 Å². The van der Waals surface area contributed by atoms with E-state index >= 15 is 0 Å². The summed E-state index contributed by atoms with van der Waals surface area (Å²) in [7, 11) is 0. The van der Waals surface area contributed by atoms with Crippen LogP contribution in [0.15, 0.2) is 35.3 Å². The van der Waals surface area contributed by atoms with Gasteiger partial charge in [-0.15, -0.1) is 6.58 Å². The first-order chi connectivity index (χ1) is 8.70. The Balaban J connectivity index is 2.12. The van der Waals surface area contributed by atoms with Gasteiger partial charge in [-0.3, -0.25) is 0 Å². The van der Waals surface area contributed by atoms with Gasteiger partial charge >= 0.3 is 12.0 Å². The molecule has 0 amide bonds. The number of carbonyl (C=O) groups is 1. The predicted octanol–water partition coefficient (Wildman–Crippen LogP) is 2.87. The average molecular weight is 247 g/mol. The summed E-state index contributed by atoms with van der Waals surface area (Å²) in [4.78, 5) is 14.9. The first-order valence-corrected chi connectivity index (χ1v) is 5.58. The lowest BCUT2D eigenvalue weighted by molar-refractivity contribution is 0.0697. The minimum absolute atomic E-state index is 0.164. The fourth-order valence-electron chi connectivity index (χ4n) is 1.49. The Morgan fingerprint density at radius 3 is 3.11 bits per heavy atom. The molecule has 0 aliphatic rings. The van der Waals surface area contributed by atoms with Crippen LogP contribution in [0.25, 0.3) is 11.1 Å². The summed E-state index contributed by atoms with van der Waals surface area (Å²) >= 11 is 0. The topological polar surface area (TPSA) is 72.6 Å². The molecule has 1 heterocycles. The molecule has 0 aliphatic carbocycles. The largest absolute Gasteiger partial charge is 0.478 e. The van der Waals surface area contributed by atoms with Crippen molar-refractivity contribution in [3.8, 4) is 6.08 Å². The molecule has 2 aromatic rings. The zero-order valence-electron chi connectivity index (χ0n) is 9.76. The van der Waals surface area contributed by atoms with Gasteiger partial charge < -0.3 is 14.3 Å². The molecule has 0 spiro atoms. The number of aromatic nitrogens is 1. The number of carboxylic acid groups (broad SMARTS) is 1. The van der Waals surface area contributed by atoms with E-state index in [-0.39, 0.29) is 11.6 Å². The molecule has 0 fully saturated rings. The molecule has 0 saturated carbocycles. The van der Waals surface area contributed by atoms with Crippen molar-refractivity contribution in [1.82, 2.24) is 4.98 Å². The van der Waals surface area contributed by atoms with Gasteiger partial charge in [0.2, 0.25) is 0 Å². The van der Waals surface area contributed by atoms with Crippen molar-refractivity contribution in [1.29, 1.82) is 0 Å². The van der Waals surface area contributed by atoms with Crippen molar-refractivity contribution >= 4 is 17.1 Å². The van der Waals surface area contributed by atoms with Gasteiger partial charge in [-0.05, 0) is 31.0 Å². The number of unbranched alkanes of at least 4 members (excludes halogenated alkanes) is 1. The SMILES string of the molecule is C=CCCCOc1nc2ccc(C(=O)O)cc2o1. The maximum atomic E-state index is 10.8. The molecule has 1 aromatic heterocycles. The van der Waals surface area contributed by atoms with Crippen molar-refractivity contribution < 1.29 is 19.1 Å². The fourth-order valence-corrected chi connectivity index (χ4v) is 1.49. The van der Waals surface area contributed by atoms with E-state index in [1.54, 1.807) is 6.07 Å². The van der Waals surface area contributed by atoms with Crippen LogP contribution < -0.4 is 4.74 Å². The van der Waals surface area contributed by atoms with E-state index in [0.717, 1.165) is 12.8 Å². The minimum atomic E-state index is -0.998. The highest BCUT2D eigenvalue weighted by Gasteiger charge is 2.10. The molecule has 0 unspecified atom stereocenters. The lowest BCUT2D eigenvalue weighted by Crippen LogP contribution is -1.96. The summed E-state index contributed by atoms with van der Waals surface area (Å²) in [5.74, 6) is -0.998. The van der Waals surface area contributed by atoms with Gasteiger partial charge in [0.25, 0.3) is 0 Å². The molecule has 94 valence electrons. The van der Waals surface area contributed by atoms with Crippen LogP contribution in [0.1, 0.15) is 23.2 Å². The molecule has 1 N–H and O–H groups in total. The molecule has 18 heavy (non-hydrogen) atoms. The van der Waals surface area contributed by atoms with E-state index in [9.17, 15) is 4.79 Å². The Kier molecular flexibility index (Phi) is 3.62. The Hall–Kier alpha value is -2.30. The van der Waals surface area contributed by atoms with Crippen LogP contribution in [0.4, 0.5) is 0 Å². The van der Waals surface area contributed by atoms with Crippen LogP contribution in [-0.4, -0.2) is 22.7 Å². The molecular weight excluding hydrogens is 234 g/mol. The monoisotopic (exact) mass is 247 g/mol. The van der Waals surface area contributed by atoms with E-state index < -0.39 is 5.97 Å². The van der Waals surface area contributed by atoms with Crippen molar-refractivity contribution in [2.75, 3.05) is 6.61 Å². The average Bonchev–Trinajstić information content (AvgIpc) is 2.76. The molecule has 1 aromatic carbocycles. The lowest BCUT2D eigenvalue weighted by Gasteiger charge is -1.97. The second-order valence-electron chi connectivity index (χ2n) is 3.75. The third kappa shape index (κ3) is 2.68. The number of fused-ring (bicyclic) bond motifs is 1. The summed E-state index contributed by atoms with van der Waals surface area (Å²) in [6.07, 6.45) is 3.68. The molecule has 2 rings (SSSR count). The molecule has 5 heteroatoms. The lowest BCUT2D eigenvalue weighted by atomic mass is 10.2. The number of carboxylic acids is 1. The quantitative estimate of drug-likeness (QED) is 0.627. The molecule has 0 bridgehead atoms. The number of allylic oxidation sites excluding steroid dienone is 1. The fraction of sp³-hybridized carbons (Fsp3) is 0.231. The van der Waals surface area contributed by atoms with Crippen LogP contribution in [0, 0.1) is 0 Å². The third-order valence-electron chi connectivity index (χ3n) is 2.39. The van der Waals surface area contributed by atoms with Gasteiger partial charge in [0.1, 0.15) is 5.52 Å². The van der Waals surface area contributed by atoms with Gasteiger partial charge in [0.15, 0.2) is 5.58 Å². The highest BCUT2D eigenvalue weighted by Crippen LogP contribution is 2.21. The zero-order chi connectivity index (χ0) is 13.0. The van der Waals surface area contributed by atoms with Gasteiger partial charge in [-0.2, -0.15) is 4.98 Å². The van der Waals surface area contributed by atoms with Crippen molar-refractivity contribution in [2.45, 2.75) is 12.8 Å². The zero-order valence-corrected chi connectivity index (χ0v) is 9.76. The van der Waals surface area contributed by atoms with Gasteiger partial charge in [-0.25, -0.2) is 4.79 Å². The van der Waals surface area contributed by atoms with E-state index in [0.29, 0.717) is 17.7 Å². The van der Waals surface area contributed by atoms with E-state index in [4.69, 9.17) is 14.3 Å². The second kappa shape index (κ2) is 5.35. The van der Waals surface area contributed by atoms with Gasteiger partial charge in [0, 0.05) is 0 Å². The number of aromatic carboxylic acids is 1. The summed E-state index contributed by atoms with van der Waals surface area (Å²) in [6, 6.07) is 4.51. The Bertz CT molecular complexity index is 573. The summed E-state index contributed by atoms with van der Waals surface area (Å²) in [5, 5.41) is 8.85. The van der Waals surface area contributed by atoms with Crippen LogP contribution in [0.2, 0.25) is 0 Å². The number of ether oxygens (including phenoxy) is 1. The molecule has 0 atom stereocenters. The summed E-state index contributed by atoms with van der Waals surface area (Å²) in [6.45, 7) is 4.11. The second-order valence-corrected chi connectivity index (χ2v) is 3.75. The summed E-state index contributed by atoms with van der Waals surface area (Å²) < 4.78 is 10.6. The Morgan fingerprint density at radius 1 is 1.56 bits per heavy atom. The molecular formula is C13H13NO4. The number of nitrogens with zero attached hydrogens (tertiary/aromatic N) is 1. The van der Waals surface area contributed by atoms with Crippen LogP contribution in [0.3, 0.4) is 0 Å². The minimum Gasteiger partial charge on any atom is -0.478 e. The highest BCUT2D eigenvalue weighted by atomic mass is 16.6. The standard InChI is InChI=1S/C13H13NO4/c1-2-3-4-7-17-13-14-10-6-5-9(12(15)16)8-11(10)18-13/h2,5-6,8H,1,3-4,7H2,(H,15,16). The number of hydrogen-bond acceptors (Lipinski definition) is 4. The first-order valence-electron chi connectivity index (χ1n) is 5.58. The summed E-state index contributed by atoms with van der Waals surface area (Å²) in [5.41, 5.74) is 1.16. The van der Waals surface area contributed by atoms with Crippen LogP contribution >= 0.6 is 0 Å². The normalized spacial score (nSPS) is 10.4. The number of oxazole rings is 1. The van der Waals surface area contributed by atoms with E-state index in [1.807, 2.05) is 6.08 Å².